The zero-order valence-corrected chi connectivity index (χ0v) is 12.8. The fourth-order valence-electron chi connectivity index (χ4n) is 2.07. The molecule has 2 amide bonds. The highest BCUT2D eigenvalue weighted by atomic mass is 32.1. The lowest BCUT2D eigenvalue weighted by Gasteiger charge is -2.14. The summed E-state index contributed by atoms with van der Waals surface area (Å²) in [6.45, 7) is 2.60. The molecule has 1 aromatic carbocycles. The fraction of sp³-hybridized carbons (Fsp3) is 0.312. The van der Waals surface area contributed by atoms with Crippen LogP contribution < -0.4 is 10.6 Å². The summed E-state index contributed by atoms with van der Waals surface area (Å²) in [5.74, 6) is 0.255. The van der Waals surface area contributed by atoms with Crippen LogP contribution in [0.4, 0.5) is 4.79 Å². The van der Waals surface area contributed by atoms with Crippen LogP contribution in [0.3, 0.4) is 0 Å². The molecule has 5 heteroatoms. The summed E-state index contributed by atoms with van der Waals surface area (Å²) in [6.07, 6.45) is 1.59. The zero-order valence-electron chi connectivity index (χ0n) is 12.0. The van der Waals surface area contributed by atoms with Crippen LogP contribution in [0.2, 0.25) is 0 Å². The molecule has 0 spiro atoms. The third-order valence-corrected chi connectivity index (χ3v) is 4.03. The lowest BCUT2D eigenvalue weighted by Crippen LogP contribution is -2.42. The highest BCUT2D eigenvalue weighted by Crippen LogP contribution is 2.11. The number of nitrogens with one attached hydrogen (secondary N) is 2. The number of rotatable bonds is 6. The first-order chi connectivity index (χ1) is 10.1. The molecule has 1 atom stereocenters. The molecule has 1 aromatic heterocycles. The molecule has 112 valence electrons. The minimum Gasteiger partial charge on any atom is -0.508 e. The molecule has 21 heavy (non-hydrogen) atoms. The van der Waals surface area contributed by atoms with Gasteiger partial charge >= 0.3 is 6.03 Å². The third-order valence-electron chi connectivity index (χ3n) is 3.09. The summed E-state index contributed by atoms with van der Waals surface area (Å²) in [6, 6.07) is 11.0. The summed E-state index contributed by atoms with van der Waals surface area (Å²) in [5, 5.41) is 17.0. The number of carbonyl (C=O) groups is 1. The number of benzene rings is 1. The average Bonchev–Trinajstić information content (AvgIpc) is 2.94. The summed E-state index contributed by atoms with van der Waals surface area (Å²) >= 11 is 1.70. The van der Waals surface area contributed by atoms with E-state index in [-0.39, 0.29) is 17.8 Å². The number of urea groups is 1. The molecule has 0 fully saturated rings. The van der Waals surface area contributed by atoms with Gasteiger partial charge in [-0.2, -0.15) is 0 Å². The number of phenols is 1. The van der Waals surface area contributed by atoms with Crippen molar-refractivity contribution in [1.82, 2.24) is 10.6 Å². The van der Waals surface area contributed by atoms with Gasteiger partial charge in [0.15, 0.2) is 0 Å². The normalized spacial score (nSPS) is 11.9. The molecule has 0 aliphatic heterocycles. The predicted molar refractivity (Wildman–Crippen MR) is 85.8 cm³/mol. The van der Waals surface area contributed by atoms with E-state index in [1.54, 1.807) is 23.5 Å². The lowest BCUT2D eigenvalue weighted by molar-refractivity contribution is 0.238. The van der Waals surface area contributed by atoms with E-state index in [0.29, 0.717) is 6.54 Å². The Labute approximate surface area is 128 Å². The number of carbonyl (C=O) groups excluding carboxylic acids is 1. The van der Waals surface area contributed by atoms with E-state index in [4.69, 9.17) is 0 Å². The molecule has 1 heterocycles. The molecule has 2 aromatic rings. The van der Waals surface area contributed by atoms with Crippen LogP contribution in [0, 0.1) is 0 Å². The zero-order chi connectivity index (χ0) is 15.1. The highest BCUT2D eigenvalue weighted by molar-refractivity contribution is 7.09. The topological polar surface area (TPSA) is 61.4 Å². The van der Waals surface area contributed by atoms with Crippen LogP contribution in [0.25, 0.3) is 0 Å². The Morgan fingerprint density at radius 2 is 2.05 bits per heavy atom. The molecular formula is C16H20N2O2S. The molecule has 0 saturated heterocycles. The molecule has 3 N–H and O–H groups in total. The van der Waals surface area contributed by atoms with Crippen LogP contribution in [-0.2, 0) is 12.8 Å². The molecule has 0 radical (unpaired) electrons. The Kier molecular flexibility index (Phi) is 5.63. The lowest BCUT2D eigenvalue weighted by atomic mass is 10.1. The number of hydrogen-bond acceptors (Lipinski definition) is 3. The van der Waals surface area contributed by atoms with Crippen LogP contribution in [0.15, 0.2) is 41.8 Å². The molecule has 0 saturated carbocycles. The minimum absolute atomic E-state index is 0.0382. The Hall–Kier alpha value is -2.01. The van der Waals surface area contributed by atoms with Crippen molar-refractivity contribution in [1.29, 1.82) is 0 Å². The van der Waals surface area contributed by atoms with Gasteiger partial charge in [0.25, 0.3) is 0 Å². The van der Waals surface area contributed by atoms with Gasteiger partial charge in [0.2, 0.25) is 0 Å². The van der Waals surface area contributed by atoms with Gasteiger partial charge in [-0.05, 0) is 48.9 Å². The summed E-state index contributed by atoms with van der Waals surface area (Å²) in [5.41, 5.74) is 1.08. The number of thiophene rings is 1. The molecule has 2 rings (SSSR count). The average molecular weight is 304 g/mol. The van der Waals surface area contributed by atoms with E-state index < -0.39 is 0 Å². The van der Waals surface area contributed by atoms with Gasteiger partial charge < -0.3 is 15.7 Å². The van der Waals surface area contributed by atoms with Gasteiger partial charge in [-0.3, -0.25) is 0 Å². The Morgan fingerprint density at radius 1 is 1.29 bits per heavy atom. The summed E-state index contributed by atoms with van der Waals surface area (Å²) < 4.78 is 0. The highest BCUT2D eigenvalue weighted by Gasteiger charge is 2.07. The maximum Gasteiger partial charge on any atom is 0.315 e. The fourth-order valence-corrected chi connectivity index (χ4v) is 2.77. The van der Waals surface area contributed by atoms with Gasteiger partial charge in [0.1, 0.15) is 5.75 Å². The largest absolute Gasteiger partial charge is 0.508 e. The van der Waals surface area contributed by atoms with Crippen molar-refractivity contribution in [3.05, 3.63) is 52.2 Å². The first kappa shape index (κ1) is 15.4. The molecule has 0 aliphatic rings. The van der Waals surface area contributed by atoms with Crippen LogP contribution in [0.1, 0.15) is 17.4 Å². The molecular weight excluding hydrogens is 284 g/mol. The number of aromatic hydroxyl groups is 1. The number of amides is 2. The quantitative estimate of drug-likeness (QED) is 0.768. The van der Waals surface area contributed by atoms with Crippen molar-refractivity contribution in [2.45, 2.75) is 25.8 Å². The maximum absolute atomic E-state index is 11.8. The van der Waals surface area contributed by atoms with Crippen molar-refractivity contribution in [3.63, 3.8) is 0 Å². The SMILES string of the molecule is CC(Cc1ccc(O)cc1)NC(=O)NCCc1cccs1. The second kappa shape index (κ2) is 7.69. The van der Waals surface area contributed by atoms with E-state index in [9.17, 15) is 9.90 Å². The standard InChI is InChI=1S/C16H20N2O2S/c1-12(11-13-4-6-14(19)7-5-13)18-16(20)17-9-8-15-3-2-10-21-15/h2-7,10,12,19H,8-9,11H2,1H3,(H2,17,18,20). The Balaban J connectivity index is 1.68. The summed E-state index contributed by atoms with van der Waals surface area (Å²) in [4.78, 5) is 13.0. The van der Waals surface area contributed by atoms with Gasteiger partial charge in [-0.1, -0.05) is 18.2 Å². The van der Waals surface area contributed by atoms with Crippen molar-refractivity contribution in [3.8, 4) is 5.75 Å². The smallest absolute Gasteiger partial charge is 0.315 e. The minimum atomic E-state index is -0.141. The molecule has 1 unspecified atom stereocenters. The van der Waals surface area contributed by atoms with Gasteiger partial charge in [0.05, 0.1) is 0 Å². The van der Waals surface area contributed by atoms with Crippen molar-refractivity contribution < 1.29 is 9.90 Å². The molecule has 0 aliphatic carbocycles. The van der Waals surface area contributed by atoms with Gasteiger partial charge in [-0.25, -0.2) is 4.79 Å². The van der Waals surface area contributed by atoms with Crippen molar-refractivity contribution in [2.24, 2.45) is 0 Å². The van der Waals surface area contributed by atoms with E-state index in [0.717, 1.165) is 18.4 Å². The monoisotopic (exact) mass is 304 g/mol. The number of phenolic OH excluding ortho intramolecular Hbond substituents is 1. The van der Waals surface area contributed by atoms with Crippen LogP contribution in [0.5, 0.6) is 5.75 Å². The second-order valence-corrected chi connectivity index (χ2v) is 6.03. The van der Waals surface area contributed by atoms with Crippen molar-refractivity contribution in [2.75, 3.05) is 6.54 Å². The van der Waals surface area contributed by atoms with Gasteiger partial charge in [0, 0.05) is 17.5 Å². The van der Waals surface area contributed by atoms with Crippen molar-refractivity contribution >= 4 is 17.4 Å². The number of hydrogen-bond donors (Lipinski definition) is 3. The first-order valence-electron chi connectivity index (χ1n) is 6.98. The van der Waals surface area contributed by atoms with E-state index in [1.165, 1.54) is 4.88 Å². The Bertz CT molecular complexity index is 552. The first-order valence-corrected chi connectivity index (χ1v) is 7.86. The van der Waals surface area contributed by atoms with E-state index >= 15 is 0 Å². The third kappa shape index (κ3) is 5.47. The van der Waals surface area contributed by atoms with Gasteiger partial charge in [-0.15, -0.1) is 11.3 Å². The molecule has 0 bridgehead atoms. The summed E-state index contributed by atoms with van der Waals surface area (Å²) in [7, 11) is 0. The van der Waals surface area contributed by atoms with E-state index in [1.807, 2.05) is 30.5 Å². The van der Waals surface area contributed by atoms with Crippen LogP contribution >= 0.6 is 11.3 Å². The maximum atomic E-state index is 11.8. The van der Waals surface area contributed by atoms with E-state index in [2.05, 4.69) is 16.7 Å². The molecule has 4 nitrogen and oxygen atoms in total. The second-order valence-electron chi connectivity index (χ2n) is 5.00. The van der Waals surface area contributed by atoms with Crippen LogP contribution in [-0.4, -0.2) is 23.7 Å². The predicted octanol–water partition coefficient (Wildman–Crippen LogP) is 2.93. The Morgan fingerprint density at radius 3 is 2.71 bits per heavy atom.